The largest absolute Gasteiger partial charge is 0.480 e. The summed E-state index contributed by atoms with van der Waals surface area (Å²) in [5.41, 5.74) is 5.02. The molecular formula is C19H33N5O7. The molecule has 176 valence electrons. The second-order valence-electron chi connectivity index (χ2n) is 8.14. The molecule has 0 aromatic carbocycles. The highest BCUT2D eigenvalue weighted by atomic mass is 16.4. The van der Waals surface area contributed by atoms with Crippen LogP contribution in [0.5, 0.6) is 0 Å². The van der Waals surface area contributed by atoms with Crippen LogP contribution in [0.25, 0.3) is 0 Å². The van der Waals surface area contributed by atoms with Gasteiger partial charge in [-0.2, -0.15) is 0 Å². The Bertz CT molecular complexity index is 677. The smallest absolute Gasteiger partial charge is 0.326 e. The highest BCUT2D eigenvalue weighted by Crippen LogP contribution is 2.09. The average molecular weight is 444 g/mol. The number of nitrogens with one attached hydrogen (secondary N) is 4. The van der Waals surface area contributed by atoms with Gasteiger partial charge in [-0.25, -0.2) is 4.79 Å². The van der Waals surface area contributed by atoms with Crippen molar-refractivity contribution < 1.29 is 34.2 Å². The lowest BCUT2D eigenvalue weighted by molar-refractivity contribution is -0.144. The van der Waals surface area contributed by atoms with Gasteiger partial charge in [0.15, 0.2) is 0 Å². The minimum atomic E-state index is -1.54. The molecule has 1 aliphatic rings. The lowest BCUT2D eigenvalue weighted by Crippen LogP contribution is -2.60. The second-order valence-corrected chi connectivity index (χ2v) is 8.14. The number of hydrogen-bond donors (Lipinski definition) is 7. The van der Waals surface area contributed by atoms with Crippen LogP contribution >= 0.6 is 0 Å². The van der Waals surface area contributed by atoms with E-state index in [-0.39, 0.29) is 12.3 Å². The van der Waals surface area contributed by atoms with Gasteiger partial charge in [0, 0.05) is 0 Å². The number of carboxylic acids is 1. The number of carbonyl (C=O) groups is 5. The number of primary amides is 1. The maximum atomic E-state index is 12.8. The van der Waals surface area contributed by atoms with Crippen molar-refractivity contribution in [3.63, 3.8) is 0 Å². The third-order valence-electron chi connectivity index (χ3n) is 4.80. The first kappa shape index (κ1) is 26.3. The van der Waals surface area contributed by atoms with Crippen molar-refractivity contribution in [2.24, 2.45) is 11.7 Å². The predicted octanol–water partition coefficient (Wildman–Crippen LogP) is -2.42. The van der Waals surface area contributed by atoms with Crippen LogP contribution in [-0.4, -0.2) is 76.6 Å². The number of aliphatic hydroxyl groups is 1. The Hall–Kier alpha value is -2.73. The van der Waals surface area contributed by atoms with E-state index in [9.17, 15) is 34.2 Å². The number of aliphatic hydroxyl groups excluding tert-OH is 1. The molecule has 8 N–H and O–H groups in total. The number of amides is 4. The van der Waals surface area contributed by atoms with E-state index in [1.54, 1.807) is 13.8 Å². The highest BCUT2D eigenvalue weighted by molar-refractivity contribution is 5.95. The number of carboxylic acid groups (broad SMARTS) is 1. The summed E-state index contributed by atoms with van der Waals surface area (Å²) in [6, 6.07) is -4.46. The summed E-state index contributed by atoms with van der Waals surface area (Å²) in [6.45, 7) is 5.60. The third kappa shape index (κ3) is 8.89. The number of aliphatic carboxylic acids is 1. The maximum Gasteiger partial charge on any atom is 0.326 e. The van der Waals surface area contributed by atoms with Crippen LogP contribution in [0.1, 0.15) is 46.5 Å². The fourth-order valence-corrected chi connectivity index (χ4v) is 3.21. The zero-order valence-corrected chi connectivity index (χ0v) is 18.0. The summed E-state index contributed by atoms with van der Waals surface area (Å²) in [4.78, 5) is 60.1. The molecule has 1 heterocycles. The fraction of sp³-hybridized carbons (Fsp3) is 0.737. The first-order valence-corrected chi connectivity index (χ1v) is 10.3. The summed E-state index contributed by atoms with van der Waals surface area (Å²) in [7, 11) is 0. The molecule has 0 bridgehead atoms. The SMILES string of the molecule is CC(C)CC(NC(=O)C(NC(=O)C1CCCN1)C(C)O)C(=O)NC(CC(N)=O)C(=O)O. The zero-order chi connectivity index (χ0) is 23.7. The van der Waals surface area contributed by atoms with Crippen molar-refractivity contribution in [2.75, 3.05) is 6.54 Å². The topological polar surface area (TPSA) is 200 Å². The van der Waals surface area contributed by atoms with Crippen LogP contribution in [0.15, 0.2) is 0 Å². The molecule has 0 saturated carbocycles. The fourth-order valence-electron chi connectivity index (χ4n) is 3.21. The molecule has 0 aliphatic carbocycles. The highest BCUT2D eigenvalue weighted by Gasteiger charge is 2.33. The Morgan fingerprint density at radius 2 is 1.65 bits per heavy atom. The van der Waals surface area contributed by atoms with E-state index in [1.165, 1.54) is 6.92 Å². The first-order chi connectivity index (χ1) is 14.4. The van der Waals surface area contributed by atoms with Gasteiger partial charge in [0.25, 0.3) is 0 Å². The van der Waals surface area contributed by atoms with Gasteiger partial charge < -0.3 is 37.2 Å². The molecule has 4 amide bonds. The van der Waals surface area contributed by atoms with Crippen LogP contribution in [0.3, 0.4) is 0 Å². The van der Waals surface area contributed by atoms with Crippen molar-refractivity contribution in [2.45, 2.75) is 76.7 Å². The first-order valence-electron chi connectivity index (χ1n) is 10.3. The lowest BCUT2D eigenvalue weighted by Gasteiger charge is -2.27. The molecule has 5 unspecified atom stereocenters. The molecule has 0 aromatic rings. The normalized spacial score (nSPS) is 19.7. The lowest BCUT2D eigenvalue weighted by atomic mass is 10.0. The van der Waals surface area contributed by atoms with Crippen LogP contribution in [0.2, 0.25) is 0 Å². The van der Waals surface area contributed by atoms with Gasteiger partial charge in [-0.05, 0) is 38.6 Å². The van der Waals surface area contributed by atoms with Gasteiger partial charge >= 0.3 is 5.97 Å². The molecule has 5 atom stereocenters. The van der Waals surface area contributed by atoms with Gasteiger partial charge in [0.2, 0.25) is 23.6 Å². The van der Waals surface area contributed by atoms with Gasteiger partial charge in [0.1, 0.15) is 18.1 Å². The van der Waals surface area contributed by atoms with Crippen LogP contribution in [0, 0.1) is 5.92 Å². The van der Waals surface area contributed by atoms with E-state index < -0.39 is 66.3 Å². The Labute approximate surface area is 180 Å². The summed E-state index contributed by atoms with van der Waals surface area (Å²) in [5.74, 6) is -4.45. The van der Waals surface area contributed by atoms with Crippen LogP contribution in [0.4, 0.5) is 0 Å². The predicted molar refractivity (Wildman–Crippen MR) is 109 cm³/mol. The minimum Gasteiger partial charge on any atom is -0.480 e. The Morgan fingerprint density at radius 1 is 1.03 bits per heavy atom. The Kier molecular flexibility index (Phi) is 10.4. The molecule has 1 fully saturated rings. The van der Waals surface area contributed by atoms with Crippen molar-refractivity contribution >= 4 is 29.6 Å². The van der Waals surface area contributed by atoms with Gasteiger partial charge in [-0.3, -0.25) is 19.2 Å². The van der Waals surface area contributed by atoms with Crippen LogP contribution < -0.4 is 27.0 Å². The molecule has 1 saturated heterocycles. The van der Waals surface area contributed by atoms with Gasteiger partial charge in [-0.1, -0.05) is 13.8 Å². The third-order valence-corrected chi connectivity index (χ3v) is 4.80. The molecule has 0 spiro atoms. The second kappa shape index (κ2) is 12.2. The standard InChI is InChI=1S/C19H33N5O7/c1-9(2)7-12(17(28)23-13(19(30)31)8-14(20)26)22-18(29)15(10(3)25)24-16(27)11-5-4-6-21-11/h9-13,15,21,25H,4-8H2,1-3H3,(H2,20,26)(H,22,29)(H,23,28)(H,24,27)(H,30,31). The zero-order valence-electron chi connectivity index (χ0n) is 18.0. The number of carbonyl (C=O) groups excluding carboxylic acids is 4. The molecule has 12 nitrogen and oxygen atoms in total. The summed E-state index contributed by atoms with van der Waals surface area (Å²) in [6.07, 6.45) is -0.268. The quantitative estimate of drug-likeness (QED) is 0.173. The van der Waals surface area contributed by atoms with Crippen molar-refractivity contribution in [3.05, 3.63) is 0 Å². The maximum absolute atomic E-state index is 12.8. The van der Waals surface area contributed by atoms with E-state index in [4.69, 9.17) is 5.73 Å². The van der Waals surface area contributed by atoms with Gasteiger partial charge in [-0.15, -0.1) is 0 Å². The summed E-state index contributed by atoms with van der Waals surface area (Å²) < 4.78 is 0. The van der Waals surface area contributed by atoms with Crippen molar-refractivity contribution in [1.29, 1.82) is 0 Å². The summed E-state index contributed by atoms with van der Waals surface area (Å²) in [5, 5.41) is 29.3. The van der Waals surface area contributed by atoms with E-state index >= 15 is 0 Å². The molecule has 31 heavy (non-hydrogen) atoms. The number of nitrogens with two attached hydrogens (primary N) is 1. The Morgan fingerprint density at radius 3 is 2.10 bits per heavy atom. The molecule has 0 aromatic heterocycles. The van der Waals surface area contributed by atoms with Crippen LogP contribution in [-0.2, 0) is 24.0 Å². The van der Waals surface area contributed by atoms with E-state index in [0.717, 1.165) is 6.42 Å². The molecule has 0 radical (unpaired) electrons. The summed E-state index contributed by atoms with van der Waals surface area (Å²) >= 11 is 0. The molecule has 1 aliphatic heterocycles. The molecular weight excluding hydrogens is 410 g/mol. The van der Waals surface area contributed by atoms with E-state index in [0.29, 0.717) is 13.0 Å². The number of rotatable bonds is 12. The minimum absolute atomic E-state index is 0.0576. The average Bonchev–Trinajstić information content (AvgIpc) is 3.18. The molecule has 12 heteroatoms. The Balaban J connectivity index is 2.89. The number of hydrogen-bond acceptors (Lipinski definition) is 7. The monoisotopic (exact) mass is 443 g/mol. The van der Waals surface area contributed by atoms with E-state index in [2.05, 4.69) is 21.3 Å². The van der Waals surface area contributed by atoms with Crippen molar-refractivity contribution in [3.8, 4) is 0 Å². The molecule has 1 rings (SSSR count). The van der Waals surface area contributed by atoms with Gasteiger partial charge in [0.05, 0.1) is 18.6 Å². The van der Waals surface area contributed by atoms with E-state index in [1.807, 2.05) is 0 Å². The van der Waals surface area contributed by atoms with Crippen molar-refractivity contribution in [1.82, 2.24) is 21.3 Å².